The summed E-state index contributed by atoms with van der Waals surface area (Å²) in [4.78, 5) is 30.2. The van der Waals surface area contributed by atoms with Gasteiger partial charge in [0.25, 0.3) is 5.56 Å². The van der Waals surface area contributed by atoms with Crippen molar-refractivity contribution in [2.75, 3.05) is 11.2 Å². The van der Waals surface area contributed by atoms with Crippen LogP contribution in [0.25, 0.3) is 22.0 Å². The number of anilines is 1. The highest BCUT2D eigenvalue weighted by atomic mass is 32.2. The van der Waals surface area contributed by atoms with Gasteiger partial charge in [0, 0.05) is 48.1 Å². The number of hydrogen-bond acceptors (Lipinski definition) is 4. The summed E-state index contributed by atoms with van der Waals surface area (Å²) in [5, 5.41) is 0.820. The van der Waals surface area contributed by atoms with Crippen molar-refractivity contribution >= 4 is 32.3 Å². The van der Waals surface area contributed by atoms with E-state index in [0.29, 0.717) is 17.6 Å². The lowest BCUT2D eigenvalue weighted by molar-refractivity contribution is -0.119. The lowest BCUT2D eigenvalue weighted by Gasteiger charge is -2.24. The molecule has 29 heavy (non-hydrogen) atoms. The fourth-order valence-electron chi connectivity index (χ4n) is 4.31. The van der Waals surface area contributed by atoms with Crippen molar-refractivity contribution in [2.45, 2.75) is 25.1 Å². The molecule has 0 radical (unpaired) electrons. The smallest absolute Gasteiger partial charge is 0.272 e. The molecule has 0 saturated heterocycles. The van der Waals surface area contributed by atoms with Gasteiger partial charge < -0.3 is 14.5 Å². The molecule has 0 unspecified atom stereocenters. The van der Waals surface area contributed by atoms with Gasteiger partial charge in [-0.25, -0.2) is 8.42 Å². The predicted octanol–water partition coefficient (Wildman–Crippen LogP) is 2.33. The zero-order chi connectivity index (χ0) is 20.5. The van der Waals surface area contributed by atoms with E-state index in [-0.39, 0.29) is 23.1 Å². The van der Waals surface area contributed by atoms with E-state index in [4.69, 9.17) is 0 Å². The first-order valence-electron chi connectivity index (χ1n) is 9.55. The van der Waals surface area contributed by atoms with E-state index < -0.39 is 9.84 Å². The van der Waals surface area contributed by atoms with Crippen LogP contribution in [0.3, 0.4) is 0 Å². The summed E-state index contributed by atoms with van der Waals surface area (Å²) in [6.07, 6.45) is 6.57. The second-order valence-electron chi connectivity index (χ2n) is 8.14. The highest BCUT2D eigenvalue weighted by Crippen LogP contribution is 2.43. The summed E-state index contributed by atoms with van der Waals surface area (Å²) in [6.45, 7) is 0.390. The van der Waals surface area contributed by atoms with E-state index in [1.807, 2.05) is 25.4 Å². The van der Waals surface area contributed by atoms with Gasteiger partial charge in [-0.2, -0.15) is 0 Å². The molecule has 5 rings (SSSR count). The molecule has 1 aliphatic heterocycles. The molecule has 2 aromatic heterocycles. The number of aromatic amines is 1. The van der Waals surface area contributed by atoms with Crippen LogP contribution in [0.4, 0.5) is 5.69 Å². The number of pyridine rings is 1. The van der Waals surface area contributed by atoms with Crippen molar-refractivity contribution in [3.8, 4) is 11.1 Å². The lowest BCUT2D eigenvalue weighted by atomic mass is 9.99. The Kier molecular flexibility index (Phi) is 3.80. The Labute approximate surface area is 167 Å². The van der Waals surface area contributed by atoms with Crippen LogP contribution < -0.4 is 10.5 Å². The number of carbonyl (C=O) groups excluding carboxylic acids is 1. The van der Waals surface area contributed by atoms with E-state index in [9.17, 15) is 18.0 Å². The molecular weight excluding hydrogens is 390 g/mol. The van der Waals surface area contributed by atoms with E-state index in [0.717, 1.165) is 40.6 Å². The summed E-state index contributed by atoms with van der Waals surface area (Å²) in [5.41, 5.74) is 4.28. The topological polar surface area (TPSA) is 92.2 Å². The number of aromatic nitrogens is 2. The molecule has 1 saturated carbocycles. The molecule has 1 aromatic carbocycles. The van der Waals surface area contributed by atoms with Gasteiger partial charge in [0.15, 0.2) is 9.84 Å². The number of aryl methyl sites for hydroxylation is 1. The van der Waals surface area contributed by atoms with Crippen LogP contribution in [0, 0.1) is 5.92 Å². The van der Waals surface area contributed by atoms with Crippen molar-refractivity contribution in [1.29, 1.82) is 0 Å². The molecule has 1 aliphatic carbocycles. The molecule has 3 heterocycles. The molecule has 3 aromatic rings. The molecule has 1 fully saturated rings. The second-order valence-corrected chi connectivity index (χ2v) is 10.3. The highest BCUT2D eigenvalue weighted by Gasteiger charge is 2.37. The average molecular weight is 411 g/mol. The van der Waals surface area contributed by atoms with Gasteiger partial charge in [-0.05, 0) is 36.1 Å². The van der Waals surface area contributed by atoms with Gasteiger partial charge in [0.2, 0.25) is 5.91 Å². The van der Waals surface area contributed by atoms with E-state index >= 15 is 0 Å². The van der Waals surface area contributed by atoms with Crippen molar-refractivity contribution in [3.05, 3.63) is 52.1 Å². The number of fused-ring (bicyclic) bond motifs is 2. The summed E-state index contributed by atoms with van der Waals surface area (Å²) < 4.78 is 25.4. The number of nitrogens with zero attached hydrogens (tertiary/aromatic N) is 2. The Balaban J connectivity index is 1.81. The number of rotatable bonds is 3. The molecule has 0 spiro atoms. The third kappa shape index (κ3) is 2.98. The third-order valence-electron chi connectivity index (χ3n) is 5.68. The van der Waals surface area contributed by atoms with Gasteiger partial charge >= 0.3 is 0 Å². The monoisotopic (exact) mass is 411 g/mol. The maximum Gasteiger partial charge on any atom is 0.272 e. The number of amides is 1. The Morgan fingerprint density at radius 3 is 2.69 bits per heavy atom. The van der Waals surface area contributed by atoms with Crippen molar-refractivity contribution < 1.29 is 13.2 Å². The van der Waals surface area contributed by atoms with Crippen LogP contribution in [0.1, 0.15) is 24.0 Å². The van der Waals surface area contributed by atoms with Gasteiger partial charge in [0.1, 0.15) is 5.52 Å². The van der Waals surface area contributed by atoms with Crippen LogP contribution in [-0.2, 0) is 34.0 Å². The molecule has 1 amide bonds. The molecule has 150 valence electrons. The fourth-order valence-corrected chi connectivity index (χ4v) is 5.09. The minimum atomic E-state index is -3.20. The molecule has 0 atom stereocenters. The Hall–Kier alpha value is -2.87. The van der Waals surface area contributed by atoms with Gasteiger partial charge in [-0.3, -0.25) is 9.59 Å². The van der Waals surface area contributed by atoms with Crippen molar-refractivity contribution in [2.24, 2.45) is 13.0 Å². The van der Waals surface area contributed by atoms with Crippen LogP contribution in [0.2, 0.25) is 0 Å². The minimum absolute atomic E-state index is 0.0422. The maximum absolute atomic E-state index is 13.1. The first-order valence-corrected chi connectivity index (χ1v) is 11.6. The Morgan fingerprint density at radius 1 is 1.24 bits per heavy atom. The maximum atomic E-state index is 13.1. The predicted molar refractivity (Wildman–Crippen MR) is 111 cm³/mol. The van der Waals surface area contributed by atoms with Crippen LogP contribution in [-0.4, -0.2) is 30.1 Å². The van der Waals surface area contributed by atoms with E-state index in [1.54, 1.807) is 21.7 Å². The fraction of sp³-hybridized carbons (Fsp3) is 0.333. The number of nitrogens with one attached hydrogen (secondary N) is 1. The van der Waals surface area contributed by atoms with Crippen molar-refractivity contribution in [3.63, 3.8) is 0 Å². The summed E-state index contributed by atoms with van der Waals surface area (Å²) in [5.74, 6) is 0.0455. The number of benzene rings is 1. The molecular formula is C21H21N3O4S. The second kappa shape index (κ2) is 6.06. The highest BCUT2D eigenvalue weighted by molar-refractivity contribution is 7.89. The van der Waals surface area contributed by atoms with Gasteiger partial charge in [-0.15, -0.1) is 0 Å². The first-order chi connectivity index (χ1) is 13.7. The average Bonchev–Trinajstić information content (AvgIpc) is 3.44. The number of hydrogen-bond donors (Lipinski definition) is 1. The quantitative estimate of drug-likeness (QED) is 0.716. The Morgan fingerprint density at radius 2 is 2.00 bits per heavy atom. The normalized spacial score (nSPS) is 16.0. The lowest BCUT2D eigenvalue weighted by Crippen LogP contribution is -2.31. The van der Waals surface area contributed by atoms with Crippen molar-refractivity contribution in [1.82, 2.24) is 9.55 Å². The zero-order valence-corrected chi connectivity index (χ0v) is 17.0. The third-order valence-corrected chi connectivity index (χ3v) is 6.54. The zero-order valence-electron chi connectivity index (χ0n) is 16.2. The van der Waals surface area contributed by atoms with Crippen LogP contribution >= 0.6 is 0 Å². The number of H-pyrrole nitrogens is 1. The van der Waals surface area contributed by atoms with E-state index in [1.165, 1.54) is 6.26 Å². The molecule has 1 N–H and O–H groups in total. The SMILES string of the molecule is Cn1cc2c3c(c[nH]c(=O)c31)-c1cc(CS(C)(=O)=O)ccc1N(C(=O)C1CC1)C2. The molecule has 2 aliphatic rings. The molecule has 8 heteroatoms. The van der Waals surface area contributed by atoms with Gasteiger partial charge in [-0.1, -0.05) is 6.07 Å². The molecule has 7 nitrogen and oxygen atoms in total. The van der Waals surface area contributed by atoms with E-state index in [2.05, 4.69) is 4.98 Å². The standard InChI is InChI=1S/C21H21N3O4S/c1-23-9-14-10-24(21(26)13-4-5-13)17-6-3-12(11-29(2,27)28)7-15(17)16-8-22-20(25)19(23)18(14)16/h3,6-9,13H,4-5,10-11H2,1-2H3,(H,22,25). The van der Waals surface area contributed by atoms with Gasteiger partial charge in [0.05, 0.1) is 18.0 Å². The van der Waals surface area contributed by atoms with Crippen LogP contribution in [0.5, 0.6) is 0 Å². The first kappa shape index (κ1) is 18.2. The summed E-state index contributed by atoms with van der Waals surface area (Å²) >= 11 is 0. The number of carbonyl (C=O) groups is 1. The Bertz CT molecular complexity index is 1350. The summed E-state index contributed by atoms with van der Waals surface area (Å²) in [6, 6.07) is 5.43. The van der Waals surface area contributed by atoms with Crippen LogP contribution in [0.15, 0.2) is 35.4 Å². The molecule has 0 bridgehead atoms. The minimum Gasteiger partial charge on any atom is -0.346 e. The largest absolute Gasteiger partial charge is 0.346 e. The number of sulfone groups is 1. The summed E-state index contributed by atoms with van der Waals surface area (Å²) in [7, 11) is -1.38.